The molecule has 1 saturated carbocycles. The van der Waals surface area contributed by atoms with E-state index in [1.165, 1.54) is 61.4 Å². The minimum atomic E-state index is -4.52. The van der Waals surface area contributed by atoms with Crippen LogP contribution in [0.15, 0.2) is 103 Å². The maximum atomic E-state index is 11.1. The molecule has 18 nitrogen and oxygen atoms in total. The van der Waals surface area contributed by atoms with Crippen LogP contribution < -0.4 is 0 Å². The van der Waals surface area contributed by atoms with Crippen LogP contribution in [0, 0.1) is 13.8 Å². The number of nitrogens with one attached hydrogen (secondary N) is 2. The summed E-state index contributed by atoms with van der Waals surface area (Å²) in [4.78, 5) is 21.5. The minimum absolute atomic E-state index is 0. The topological polar surface area (TPSA) is 332 Å². The quantitative estimate of drug-likeness (QED) is 0.115. The third kappa shape index (κ3) is 14.0. The van der Waals surface area contributed by atoms with Crippen LogP contribution in [0.5, 0.6) is 11.5 Å². The molecule has 4 aromatic rings. The van der Waals surface area contributed by atoms with Crippen molar-refractivity contribution in [2.45, 2.75) is 61.4 Å². The Balaban J connectivity index is 0.000000312. The van der Waals surface area contributed by atoms with E-state index in [1.54, 1.807) is 13.8 Å². The average Bonchev–Trinajstić information content (AvgIpc) is 3.10. The van der Waals surface area contributed by atoms with Crippen LogP contribution in [0.4, 0.5) is 22.7 Å². The molecule has 0 amide bonds. The van der Waals surface area contributed by atoms with E-state index >= 15 is 0 Å². The summed E-state index contributed by atoms with van der Waals surface area (Å²) < 4.78 is 64.9. The van der Waals surface area contributed by atoms with E-state index in [2.05, 4.69) is 20.5 Å². The molecule has 0 saturated heterocycles. The summed E-state index contributed by atoms with van der Waals surface area (Å²) in [6.07, 6.45) is 4.25. The molecule has 0 bridgehead atoms. The molecule has 1 fully saturated rings. The molecule has 1 aliphatic rings. The van der Waals surface area contributed by atoms with Crippen LogP contribution in [-0.2, 0) is 41.3 Å². The Morgan fingerprint density at radius 2 is 0.909 bits per heavy atom. The summed E-state index contributed by atoms with van der Waals surface area (Å²) in [6.45, 7) is 3.10. The minimum Gasteiger partial charge on any atom is -0.744 e. The zero-order chi connectivity index (χ0) is 40.4. The van der Waals surface area contributed by atoms with Gasteiger partial charge in [-0.15, -0.1) is 0 Å². The van der Waals surface area contributed by atoms with Gasteiger partial charge in [0.2, 0.25) is 0 Å². The Hall–Kier alpha value is -4.95. The van der Waals surface area contributed by atoms with Gasteiger partial charge in [-0.1, -0.05) is 25.7 Å². The molecule has 4 aromatic carbocycles. The van der Waals surface area contributed by atoms with Gasteiger partial charge in [0, 0.05) is 9.59 Å². The molecule has 294 valence electrons. The summed E-state index contributed by atoms with van der Waals surface area (Å²) in [5.74, 6) is -2.66. The van der Waals surface area contributed by atoms with Gasteiger partial charge in [-0.2, -0.15) is 32.5 Å². The third-order valence-electron chi connectivity index (χ3n) is 7.64. The number of phenolic OH excluding ortho intramolecular Hbond substituents is 2. The first kappa shape index (κ1) is 46.2. The van der Waals surface area contributed by atoms with Gasteiger partial charge in [-0.05, 0) is 97.8 Å². The summed E-state index contributed by atoms with van der Waals surface area (Å²) in [7, 11) is -9.04. The van der Waals surface area contributed by atoms with E-state index in [0.717, 1.165) is 37.1 Å². The number of azo groups is 2. The SMILES string of the molecule is Cc1cc(N=Nc2ccc(S(=O)(=O)[O-])cc2)cc(C(=O)[OH2+])c1O.Cc1cc(N=Nc2ccc(S(=O)(=O)[O-])cc2)cc(C(=O)[OH2+])c1O.[NH-]C1CCCCC1[NH-].[Pt+4]. The summed E-state index contributed by atoms with van der Waals surface area (Å²) in [5.41, 5.74) is 16.0. The Labute approximate surface area is 330 Å². The van der Waals surface area contributed by atoms with Crippen molar-refractivity contribution in [2.24, 2.45) is 20.5 Å². The summed E-state index contributed by atoms with van der Waals surface area (Å²) >= 11 is 0. The second kappa shape index (κ2) is 20.1. The molecule has 0 radical (unpaired) electrons. The number of phenols is 2. The van der Waals surface area contributed by atoms with Crippen molar-refractivity contribution in [1.82, 2.24) is 0 Å². The number of benzene rings is 4. The van der Waals surface area contributed by atoms with Gasteiger partial charge in [0.1, 0.15) is 31.7 Å². The van der Waals surface area contributed by atoms with E-state index < -0.39 is 32.2 Å². The summed E-state index contributed by atoms with van der Waals surface area (Å²) in [5, 5.41) is 48.9. The molecule has 0 aliphatic heterocycles. The fourth-order valence-corrected chi connectivity index (χ4v) is 5.64. The van der Waals surface area contributed by atoms with Gasteiger partial charge in [0.15, 0.2) is 11.1 Å². The first-order valence-electron chi connectivity index (χ1n) is 15.7. The normalized spacial score (nSPS) is 15.6. The van der Waals surface area contributed by atoms with Crippen LogP contribution in [0.3, 0.4) is 0 Å². The predicted octanol–water partition coefficient (Wildman–Crippen LogP) is 6.17. The standard InChI is InChI=1S/2C14H12N2O6S.C6H12N2.Pt/c2*1-8-6-10(7-12(13(8)17)14(18)19)16-15-9-2-4-11(5-3-9)23(20,21)22;7-5-3-1-2-4-6(5)8;/h2*2-7,17H,1H3,(H,18,19)(H,20,21,22);5-8H,1-4H2;/q;;-2;+4. The fraction of sp³-hybridized carbons (Fsp3) is 0.235. The Morgan fingerprint density at radius 1 is 0.618 bits per heavy atom. The molecule has 2 unspecified atom stereocenters. The van der Waals surface area contributed by atoms with Crippen LogP contribution >= 0.6 is 0 Å². The largest absolute Gasteiger partial charge is 4.00 e. The fourth-order valence-electron chi connectivity index (χ4n) is 4.70. The van der Waals surface area contributed by atoms with Gasteiger partial charge in [0.05, 0.1) is 32.5 Å². The molecule has 0 aromatic heterocycles. The Morgan fingerprint density at radius 3 is 1.16 bits per heavy atom. The Bertz CT molecular complexity index is 2110. The van der Waals surface area contributed by atoms with Crippen LogP contribution in [0.2, 0.25) is 0 Å². The van der Waals surface area contributed by atoms with Crippen molar-refractivity contribution < 1.29 is 77.0 Å². The average molecular weight is 980 g/mol. The van der Waals surface area contributed by atoms with E-state index in [4.69, 9.17) is 21.7 Å². The van der Waals surface area contributed by atoms with E-state index in [9.17, 15) is 45.7 Å². The number of carbonyl (C=O) groups is 2. The smallest absolute Gasteiger partial charge is 0.744 e. The number of aryl methyl sites for hydroxylation is 2. The van der Waals surface area contributed by atoms with Crippen LogP contribution in [0.25, 0.3) is 11.5 Å². The number of carbonyl (C=O) groups excluding carboxylic acids is 2. The van der Waals surface area contributed by atoms with Crippen molar-refractivity contribution in [2.75, 3.05) is 0 Å². The van der Waals surface area contributed by atoms with Gasteiger partial charge in [-0.25, -0.2) is 16.8 Å². The van der Waals surface area contributed by atoms with Gasteiger partial charge >= 0.3 is 33.0 Å². The van der Waals surface area contributed by atoms with E-state index in [1.807, 2.05) is 0 Å². The van der Waals surface area contributed by atoms with Gasteiger partial charge in [0.25, 0.3) is 0 Å². The van der Waals surface area contributed by atoms with Crippen molar-refractivity contribution in [3.05, 3.63) is 107 Å². The van der Waals surface area contributed by atoms with Crippen LogP contribution in [-0.4, -0.2) is 70.4 Å². The van der Waals surface area contributed by atoms with Crippen molar-refractivity contribution in [3.63, 3.8) is 0 Å². The number of rotatable bonds is 8. The number of nitrogens with zero attached hydrogens (tertiary/aromatic N) is 4. The first-order valence-corrected chi connectivity index (χ1v) is 18.6. The molecule has 8 N–H and O–H groups in total. The second-order valence-electron chi connectivity index (χ2n) is 11.8. The van der Waals surface area contributed by atoms with Crippen molar-refractivity contribution in [1.29, 1.82) is 0 Å². The predicted molar refractivity (Wildman–Crippen MR) is 193 cm³/mol. The zero-order valence-electron chi connectivity index (χ0n) is 29.0. The maximum absolute atomic E-state index is 11.1. The first-order chi connectivity index (χ1) is 25.2. The van der Waals surface area contributed by atoms with E-state index in [0.29, 0.717) is 22.5 Å². The summed E-state index contributed by atoms with van der Waals surface area (Å²) in [6, 6.07) is 14.9. The van der Waals surface area contributed by atoms with Gasteiger partial charge < -0.3 is 41.0 Å². The van der Waals surface area contributed by atoms with Crippen molar-refractivity contribution >= 4 is 54.9 Å². The number of hydrogen-bond donors (Lipinski definition) is 2. The number of hydrogen-bond acceptors (Lipinski definition) is 14. The molecule has 55 heavy (non-hydrogen) atoms. The molecule has 5 rings (SSSR count). The maximum Gasteiger partial charge on any atom is 4.00 e. The molecule has 21 heteroatoms. The molecule has 2 atom stereocenters. The molecular formula is C34H36N6O12PtS2+2. The van der Waals surface area contributed by atoms with Gasteiger partial charge in [-0.3, -0.25) is 0 Å². The molecule has 1 aliphatic carbocycles. The molecule has 0 spiro atoms. The third-order valence-corrected chi connectivity index (χ3v) is 9.34. The zero-order valence-corrected chi connectivity index (χ0v) is 32.9. The second-order valence-corrected chi connectivity index (χ2v) is 14.5. The number of aromatic hydroxyl groups is 2. The van der Waals surface area contributed by atoms with Crippen LogP contribution in [0.1, 0.15) is 57.5 Å². The molecule has 0 heterocycles. The van der Waals surface area contributed by atoms with E-state index in [-0.39, 0.29) is 76.9 Å². The Kier molecular flexibility index (Phi) is 16.9. The monoisotopic (exact) mass is 979 g/mol. The van der Waals surface area contributed by atoms with Crippen molar-refractivity contribution in [3.8, 4) is 11.5 Å². The molecular weight excluding hydrogens is 944 g/mol.